The number of hydrogen-bond acceptors (Lipinski definition) is 3. The van der Waals surface area contributed by atoms with Gasteiger partial charge < -0.3 is 15.6 Å². The van der Waals surface area contributed by atoms with Gasteiger partial charge >= 0.3 is 0 Å². The van der Waals surface area contributed by atoms with Crippen molar-refractivity contribution in [2.24, 2.45) is 5.92 Å². The van der Waals surface area contributed by atoms with E-state index in [9.17, 15) is 14.0 Å². The summed E-state index contributed by atoms with van der Waals surface area (Å²) in [5, 5.41) is 6.62. The molecule has 0 saturated heterocycles. The Hall–Kier alpha value is -4.00. The molecular weight excluding hydrogens is 395 g/mol. The first kappa shape index (κ1) is 19.0. The Kier molecular flexibility index (Phi) is 4.71. The Morgan fingerprint density at radius 3 is 2.68 bits per heavy atom. The molecule has 4 aromatic rings. The number of H-pyrrole nitrogens is 1. The molecule has 5 rings (SSSR count). The summed E-state index contributed by atoms with van der Waals surface area (Å²) in [4.78, 5) is 32.1. The number of aromatic amines is 1. The van der Waals surface area contributed by atoms with Gasteiger partial charge in [-0.2, -0.15) is 0 Å². The van der Waals surface area contributed by atoms with Crippen LogP contribution in [0.25, 0.3) is 22.0 Å². The summed E-state index contributed by atoms with van der Waals surface area (Å²) in [6, 6.07) is 14.8. The lowest BCUT2D eigenvalue weighted by Crippen LogP contribution is -2.14. The highest BCUT2D eigenvalue weighted by molar-refractivity contribution is 6.10. The number of nitrogens with zero attached hydrogens (tertiary/aromatic N) is 1. The topological polar surface area (TPSA) is 86.9 Å². The van der Waals surface area contributed by atoms with Crippen LogP contribution >= 0.6 is 0 Å². The van der Waals surface area contributed by atoms with Crippen molar-refractivity contribution in [3.8, 4) is 11.1 Å². The molecule has 0 radical (unpaired) electrons. The predicted octanol–water partition coefficient (Wildman–Crippen LogP) is 4.97. The minimum absolute atomic E-state index is 0.00549. The molecule has 0 atom stereocenters. The Balaban J connectivity index is 1.44. The monoisotopic (exact) mass is 414 g/mol. The molecule has 154 valence electrons. The zero-order valence-electron chi connectivity index (χ0n) is 16.5. The highest BCUT2D eigenvalue weighted by Crippen LogP contribution is 2.34. The molecule has 0 unspecified atom stereocenters. The second-order valence-corrected chi connectivity index (χ2v) is 7.59. The van der Waals surface area contributed by atoms with Gasteiger partial charge in [0.1, 0.15) is 11.6 Å². The molecule has 3 N–H and O–H groups in total. The number of halogens is 1. The number of pyridine rings is 1. The van der Waals surface area contributed by atoms with Crippen molar-refractivity contribution in [3.63, 3.8) is 0 Å². The number of carbonyl (C=O) groups excluding carboxylic acids is 2. The highest BCUT2D eigenvalue weighted by Gasteiger charge is 2.29. The van der Waals surface area contributed by atoms with Gasteiger partial charge in [0.15, 0.2) is 0 Å². The Labute approximate surface area is 177 Å². The van der Waals surface area contributed by atoms with E-state index in [-0.39, 0.29) is 17.4 Å². The van der Waals surface area contributed by atoms with Gasteiger partial charge in [-0.15, -0.1) is 0 Å². The summed E-state index contributed by atoms with van der Waals surface area (Å²) < 4.78 is 13.5. The number of benzene rings is 2. The van der Waals surface area contributed by atoms with Crippen molar-refractivity contribution >= 4 is 34.2 Å². The fraction of sp³-hybridized carbons (Fsp3) is 0.125. The SMILES string of the molecule is O=C(Nc1cccc2c(-c3ccnc(NC(=O)C4CC4)c3)c[nH]c12)c1cccc(F)c1. The molecule has 1 fully saturated rings. The summed E-state index contributed by atoms with van der Waals surface area (Å²) in [6.07, 6.45) is 5.37. The average molecular weight is 414 g/mol. The van der Waals surface area contributed by atoms with Gasteiger partial charge in [0.05, 0.1) is 11.2 Å². The first-order chi connectivity index (χ1) is 15.1. The van der Waals surface area contributed by atoms with E-state index >= 15 is 0 Å². The molecule has 2 aromatic heterocycles. The van der Waals surface area contributed by atoms with Crippen LogP contribution in [0.5, 0.6) is 0 Å². The molecule has 2 amide bonds. The fourth-order valence-electron chi connectivity index (χ4n) is 3.56. The van der Waals surface area contributed by atoms with E-state index < -0.39 is 11.7 Å². The van der Waals surface area contributed by atoms with E-state index in [0.717, 1.165) is 34.9 Å². The van der Waals surface area contributed by atoms with Crippen LogP contribution in [0.1, 0.15) is 23.2 Å². The van der Waals surface area contributed by atoms with E-state index in [2.05, 4.69) is 20.6 Å². The van der Waals surface area contributed by atoms with E-state index in [1.807, 2.05) is 30.5 Å². The number of para-hydroxylation sites is 1. The van der Waals surface area contributed by atoms with Gasteiger partial charge in [0, 0.05) is 34.8 Å². The maximum atomic E-state index is 13.5. The van der Waals surface area contributed by atoms with Crippen LogP contribution < -0.4 is 10.6 Å². The van der Waals surface area contributed by atoms with Crippen molar-refractivity contribution < 1.29 is 14.0 Å². The molecule has 7 heteroatoms. The third-order valence-electron chi connectivity index (χ3n) is 5.32. The van der Waals surface area contributed by atoms with Crippen LogP contribution in [0.2, 0.25) is 0 Å². The van der Waals surface area contributed by atoms with Crippen LogP contribution in [0, 0.1) is 11.7 Å². The average Bonchev–Trinajstić information content (AvgIpc) is 3.53. The van der Waals surface area contributed by atoms with Gasteiger partial charge in [-0.25, -0.2) is 9.37 Å². The molecule has 0 aliphatic heterocycles. The summed E-state index contributed by atoms with van der Waals surface area (Å²) in [7, 11) is 0. The molecule has 2 aromatic carbocycles. The minimum Gasteiger partial charge on any atom is -0.359 e. The lowest BCUT2D eigenvalue weighted by Gasteiger charge is -2.08. The number of carbonyl (C=O) groups is 2. The number of hydrogen-bond donors (Lipinski definition) is 3. The van der Waals surface area contributed by atoms with Crippen molar-refractivity contribution in [1.82, 2.24) is 9.97 Å². The van der Waals surface area contributed by atoms with Gasteiger partial charge in [-0.05, 0) is 54.8 Å². The zero-order valence-corrected chi connectivity index (χ0v) is 16.5. The molecule has 0 spiro atoms. The quantitative estimate of drug-likeness (QED) is 0.431. The summed E-state index contributed by atoms with van der Waals surface area (Å²) in [5.74, 6) is -0.236. The van der Waals surface area contributed by atoms with E-state index in [1.54, 1.807) is 18.3 Å². The van der Waals surface area contributed by atoms with Crippen molar-refractivity contribution in [1.29, 1.82) is 0 Å². The van der Waals surface area contributed by atoms with Crippen LogP contribution in [0.15, 0.2) is 67.0 Å². The second-order valence-electron chi connectivity index (χ2n) is 7.59. The Bertz CT molecular complexity index is 1310. The second kappa shape index (κ2) is 7.68. The maximum Gasteiger partial charge on any atom is 0.255 e. The first-order valence-electron chi connectivity index (χ1n) is 10.0. The molecule has 1 aliphatic carbocycles. The molecule has 1 saturated carbocycles. The Morgan fingerprint density at radius 2 is 1.87 bits per heavy atom. The Morgan fingerprint density at radius 1 is 1.03 bits per heavy atom. The number of anilines is 2. The van der Waals surface area contributed by atoms with Gasteiger partial charge in [-0.3, -0.25) is 9.59 Å². The van der Waals surface area contributed by atoms with Gasteiger partial charge in [-0.1, -0.05) is 18.2 Å². The van der Waals surface area contributed by atoms with E-state index in [0.29, 0.717) is 11.5 Å². The lowest BCUT2D eigenvalue weighted by molar-refractivity contribution is -0.117. The van der Waals surface area contributed by atoms with Crippen molar-refractivity contribution in [2.75, 3.05) is 10.6 Å². The minimum atomic E-state index is -0.463. The number of nitrogens with one attached hydrogen (secondary N) is 3. The summed E-state index contributed by atoms with van der Waals surface area (Å²) >= 11 is 0. The molecule has 31 heavy (non-hydrogen) atoms. The number of rotatable bonds is 5. The smallest absolute Gasteiger partial charge is 0.255 e. The zero-order chi connectivity index (χ0) is 21.4. The van der Waals surface area contributed by atoms with Gasteiger partial charge in [0.2, 0.25) is 5.91 Å². The third kappa shape index (κ3) is 3.90. The molecule has 6 nitrogen and oxygen atoms in total. The van der Waals surface area contributed by atoms with Crippen LogP contribution in [-0.4, -0.2) is 21.8 Å². The molecule has 2 heterocycles. The predicted molar refractivity (Wildman–Crippen MR) is 117 cm³/mol. The number of amides is 2. The number of aromatic nitrogens is 2. The van der Waals surface area contributed by atoms with Crippen molar-refractivity contribution in [3.05, 3.63) is 78.4 Å². The third-order valence-corrected chi connectivity index (χ3v) is 5.32. The largest absolute Gasteiger partial charge is 0.359 e. The maximum absolute atomic E-state index is 13.5. The lowest BCUT2D eigenvalue weighted by atomic mass is 10.1. The number of fused-ring (bicyclic) bond motifs is 1. The van der Waals surface area contributed by atoms with Crippen molar-refractivity contribution in [2.45, 2.75) is 12.8 Å². The highest BCUT2D eigenvalue weighted by atomic mass is 19.1. The summed E-state index contributed by atoms with van der Waals surface area (Å²) in [6.45, 7) is 0. The van der Waals surface area contributed by atoms with Crippen LogP contribution in [-0.2, 0) is 4.79 Å². The van der Waals surface area contributed by atoms with Crippen LogP contribution in [0.4, 0.5) is 15.9 Å². The normalized spacial score (nSPS) is 13.2. The molecule has 0 bridgehead atoms. The molecule has 1 aliphatic rings. The van der Waals surface area contributed by atoms with Gasteiger partial charge in [0.25, 0.3) is 5.91 Å². The van der Waals surface area contributed by atoms with E-state index in [1.165, 1.54) is 18.2 Å². The fourth-order valence-corrected chi connectivity index (χ4v) is 3.56. The van der Waals surface area contributed by atoms with E-state index in [4.69, 9.17) is 0 Å². The van der Waals surface area contributed by atoms with Crippen LogP contribution in [0.3, 0.4) is 0 Å². The molecular formula is C24H19FN4O2. The standard InChI is InChI=1S/C24H19FN4O2/c25-17-4-1-3-16(11-17)24(31)28-20-6-2-5-18-19(13-27-22(18)20)15-9-10-26-21(12-15)29-23(30)14-7-8-14/h1-6,9-14,27H,7-8H2,(H,28,31)(H,26,29,30). The first-order valence-corrected chi connectivity index (χ1v) is 10.0. The summed E-state index contributed by atoms with van der Waals surface area (Å²) in [5.41, 5.74) is 3.40.